The van der Waals surface area contributed by atoms with E-state index in [9.17, 15) is 0 Å². The zero-order chi connectivity index (χ0) is 20.4. The van der Waals surface area contributed by atoms with Crippen LogP contribution in [-0.4, -0.2) is 10.2 Å². The maximum Gasteiger partial charge on any atom is 0.121 e. The highest BCUT2D eigenvalue weighted by atomic mass is 35.5. The summed E-state index contributed by atoms with van der Waals surface area (Å²) in [6.07, 6.45) is 0. The second kappa shape index (κ2) is 12.4. The summed E-state index contributed by atoms with van der Waals surface area (Å²) in [7, 11) is 3.83. The molecule has 0 spiro atoms. The van der Waals surface area contributed by atoms with Gasteiger partial charge in [-0.3, -0.25) is 0 Å². The van der Waals surface area contributed by atoms with E-state index < -0.39 is 4.87 Å². The minimum atomic E-state index is -0.798. The molecule has 1 unspecified atom stereocenters. The van der Waals surface area contributed by atoms with Crippen LogP contribution in [0.4, 0.5) is 0 Å². The molecule has 4 rings (SSSR count). The highest BCUT2D eigenvalue weighted by Gasteiger charge is 2.35. The van der Waals surface area contributed by atoms with Crippen molar-refractivity contribution >= 4 is 70.0 Å². The van der Waals surface area contributed by atoms with Crippen molar-refractivity contribution in [2.75, 3.05) is 10.2 Å². The molecular weight excluding hydrogens is 463 g/mol. The van der Waals surface area contributed by atoms with Gasteiger partial charge in [0.05, 0.1) is 5.08 Å². The van der Waals surface area contributed by atoms with Crippen LogP contribution in [0.1, 0.15) is 22.3 Å². The van der Waals surface area contributed by atoms with Crippen molar-refractivity contribution in [3.63, 3.8) is 0 Å². The Morgan fingerprint density at radius 2 is 1.29 bits per heavy atom. The van der Waals surface area contributed by atoms with Gasteiger partial charge in [-0.15, -0.1) is 11.6 Å². The zero-order valence-electron chi connectivity index (χ0n) is 15.4. The van der Waals surface area contributed by atoms with Crippen molar-refractivity contribution < 1.29 is 0 Å². The Hall–Kier alpha value is -0.360. The highest BCUT2D eigenvalue weighted by molar-refractivity contribution is 8.92. The molecule has 1 atom stereocenters. The number of alkyl halides is 1. The standard InChI is InChI=1S/C20H16Cl2.CH2S2.CH4S2/c1-15-11-13-17(14-12-15)20(22,16-7-3-2-4-8-16)18-9-5-6-10-19(18)21;1-2-3-1;2-1-3/h2-14H,1H3;1H2;2-3H,1H2. The molecule has 1 aliphatic heterocycles. The quantitative estimate of drug-likeness (QED) is 0.0956. The molecule has 0 aromatic heterocycles. The lowest BCUT2D eigenvalue weighted by Crippen LogP contribution is -2.22. The van der Waals surface area contributed by atoms with Crippen molar-refractivity contribution in [1.29, 1.82) is 0 Å². The minimum Gasteiger partial charge on any atom is -0.169 e. The first-order valence-corrected chi connectivity index (χ1v) is 13.1. The Balaban J connectivity index is 0.000000406. The van der Waals surface area contributed by atoms with Gasteiger partial charge < -0.3 is 0 Å². The molecule has 0 amide bonds. The predicted octanol–water partition coefficient (Wildman–Crippen LogP) is 8.32. The van der Waals surface area contributed by atoms with Crippen LogP contribution in [0.2, 0.25) is 5.02 Å². The Labute approximate surface area is 197 Å². The molecule has 0 saturated carbocycles. The zero-order valence-corrected chi connectivity index (χ0v) is 20.3. The van der Waals surface area contributed by atoms with Gasteiger partial charge in [0.15, 0.2) is 0 Å². The summed E-state index contributed by atoms with van der Waals surface area (Å²) in [5.41, 5.74) is 4.12. The predicted molar refractivity (Wildman–Crippen MR) is 138 cm³/mol. The first kappa shape index (κ1) is 23.9. The van der Waals surface area contributed by atoms with Crippen LogP contribution in [0.5, 0.6) is 0 Å². The summed E-state index contributed by atoms with van der Waals surface area (Å²) in [5.74, 6) is 0. The van der Waals surface area contributed by atoms with Crippen molar-refractivity contribution in [1.82, 2.24) is 0 Å². The first-order valence-electron chi connectivity index (χ1n) is 8.56. The summed E-state index contributed by atoms with van der Waals surface area (Å²) < 4.78 is 0. The van der Waals surface area contributed by atoms with Crippen LogP contribution < -0.4 is 0 Å². The van der Waals surface area contributed by atoms with Crippen LogP contribution in [0.25, 0.3) is 0 Å². The fraction of sp³-hybridized carbons (Fsp3) is 0.182. The molecule has 0 N–H and O–H groups in total. The molecule has 1 fully saturated rings. The molecule has 1 aliphatic rings. The molecule has 3 aromatic rings. The molecule has 1 saturated heterocycles. The molecule has 1 heterocycles. The first-order chi connectivity index (χ1) is 13.5. The van der Waals surface area contributed by atoms with Gasteiger partial charge in [-0.25, -0.2) is 0 Å². The molecule has 6 heteroatoms. The normalized spacial score (nSPS) is 13.9. The van der Waals surface area contributed by atoms with E-state index in [-0.39, 0.29) is 0 Å². The Kier molecular flexibility index (Phi) is 10.6. The van der Waals surface area contributed by atoms with E-state index in [4.69, 9.17) is 23.2 Å². The van der Waals surface area contributed by atoms with Crippen molar-refractivity contribution in [2.24, 2.45) is 0 Å². The summed E-state index contributed by atoms with van der Waals surface area (Å²) in [5, 5.41) is 2.64. The maximum atomic E-state index is 7.19. The van der Waals surface area contributed by atoms with Crippen LogP contribution in [0.15, 0.2) is 78.9 Å². The van der Waals surface area contributed by atoms with Crippen molar-refractivity contribution in [3.05, 3.63) is 106 Å². The van der Waals surface area contributed by atoms with Gasteiger partial charge in [-0.2, -0.15) is 25.3 Å². The average molecular weight is 486 g/mol. The molecule has 0 bridgehead atoms. The Bertz CT molecular complexity index is 836. The summed E-state index contributed by atoms with van der Waals surface area (Å²) in [4.78, 5) is -0.798. The number of hydrogen-bond acceptors (Lipinski definition) is 4. The van der Waals surface area contributed by atoms with Crippen LogP contribution >= 0.6 is 70.0 Å². The smallest absolute Gasteiger partial charge is 0.121 e. The largest absolute Gasteiger partial charge is 0.169 e. The summed E-state index contributed by atoms with van der Waals surface area (Å²) in [6.45, 7) is 2.07. The number of aryl methyl sites for hydroxylation is 1. The van der Waals surface area contributed by atoms with Gasteiger partial charge in [-0.1, -0.05) is 112 Å². The second-order valence-corrected chi connectivity index (χ2v) is 10.8. The maximum absolute atomic E-state index is 7.19. The van der Waals surface area contributed by atoms with E-state index in [1.165, 1.54) is 10.6 Å². The van der Waals surface area contributed by atoms with E-state index in [1.807, 2.05) is 76.2 Å². The molecule has 148 valence electrons. The van der Waals surface area contributed by atoms with E-state index in [0.717, 1.165) is 16.7 Å². The topological polar surface area (TPSA) is 0 Å². The van der Waals surface area contributed by atoms with Gasteiger partial charge in [0.25, 0.3) is 0 Å². The fourth-order valence-electron chi connectivity index (χ4n) is 2.67. The molecule has 0 nitrogen and oxygen atoms in total. The lowest BCUT2D eigenvalue weighted by Gasteiger charge is -2.30. The van der Waals surface area contributed by atoms with Crippen LogP contribution in [-0.2, 0) is 4.87 Å². The number of rotatable bonds is 3. The van der Waals surface area contributed by atoms with Gasteiger partial charge in [0.1, 0.15) is 4.87 Å². The van der Waals surface area contributed by atoms with E-state index in [0.29, 0.717) is 10.1 Å². The Morgan fingerprint density at radius 3 is 1.79 bits per heavy atom. The Morgan fingerprint density at radius 1 is 0.821 bits per heavy atom. The van der Waals surface area contributed by atoms with Gasteiger partial charge in [0.2, 0.25) is 0 Å². The third-order valence-corrected chi connectivity index (χ3v) is 5.90. The second-order valence-electron chi connectivity index (χ2n) is 5.87. The monoisotopic (exact) mass is 484 g/mol. The summed E-state index contributed by atoms with van der Waals surface area (Å²) in [6, 6.07) is 26.1. The van der Waals surface area contributed by atoms with E-state index in [2.05, 4.69) is 56.4 Å². The van der Waals surface area contributed by atoms with Crippen LogP contribution in [0, 0.1) is 6.92 Å². The molecule has 0 radical (unpaired) electrons. The van der Waals surface area contributed by atoms with Gasteiger partial charge in [-0.05, 0) is 24.1 Å². The molecular formula is C22H22Cl2S4. The average Bonchev–Trinajstić information content (AvgIpc) is 3.59. The minimum absolute atomic E-state index is 0.639. The lowest BCUT2D eigenvalue weighted by atomic mass is 9.84. The van der Waals surface area contributed by atoms with Gasteiger partial charge in [0, 0.05) is 15.7 Å². The van der Waals surface area contributed by atoms with E-state index >= 15 is 0 Å². The number of hydrogen-bond donors (Lipinski definition) is 2. The molecule has 0 aliphatic carbocycles. The molecule has 28 heavy (non-hydrogen) atoms. The van der Waals surface area contributed by atoms with E-state index in [1.54, 1.807) is 0 Å². The lowest BCUT2D eigenvalue weighted by molar-refractivity contribution is 0.879. The van der Waals surface area contributed by atoms with Crippen molar-refractivity contribution in [3.8, 4) is 0 Å². The number of benzene rings is 3. The van der Waals surface area contributed by atoms with Crippen molar-refractivity contribution in [2.45, 2.75) is 11.8 Å². The van der Waals surface area contributed by atoms with Crippen LogP contribution in [0.3, 0.4) is 0 Å². The number of halogens is 2. The third kappa shape index (κ3) is 6.86. The SMILES string of the molecule is C1SS1.Cc1ccc(C(Cl)(c2ccccc2)c2ccccc2Cl)cc1.SCS. The summed E-state index contributed by atoms with van der Waals surface area (Å²) >= 11 is 20.9. The molecule has 3 aromatic carbocycles. The van der Waals surface area contributed by atoms with Gasteiger partial charge >= 0.3 is 0 Å². The number of thiol groups is 2. The highest BCUT2D eigenvalue weighted by Crippen LogP contribution is 2.45. The third-order valence-electron chi connectivity index (χ3n) is 3.98. The fourth-order valence-corrected chi connectivity index (χ4v) is 3.41.